The van der Waals surface area contributed by atoms with Gasteiger partial charge in [0.15, 0.2) is 0 Å². The highest BCUT2D eigenvalue weighted by Gasteiger charge is 2.26. The second-order valence-electron chi connectivity index (χ2n) is 4.71. The molecule has 0 radical (unpaired) electrons. The van der Waals surface area contributed by atoms with E-state index >= 15 is 0 Å². The van der Waals surface area contributed by atoms with Crippen molar-refractivity contribution in [2.75, 3.05) is 0 Å². The Labute approximate surface area is 106 Å². The fourth-order valence-electron chi connectivity index (χ4n) is 2.08. The monoisotopic (exact) mass is 242 g/mol. The lowest BCUT2D eigenvalue weighted by molar-refractivity contribution is -0.112. The molecule has 0 fully saturated rings. The molecule has 0 aliphatic carbocycles. The van der Waals surface area contributed by atoms with E-state index in [1.165, 1.54) is 12.1 Å². The molecular formula is C16H15FO. The lowest BCUT2D eigenvalue weighted by Crippen LogP contribution is -2.26. The predicted molar refractivity (Wildman–Crippen MR) is 70.0 cm³/mol. The molecule has 2 rings (SSSR count). The van der Waals surface area contributed by atoms with Crippen molar-refractivity contribution >= 4 is 6.29 Å². The van der Waals surface area contributed by atoms with Gasteiger partial charge in [0, 0.05) is 0 Å². The minimum Gasteiger partial charge on any atom is -0.302 e. The van der Waals surface area contributed by atoms with E-state index in [-0.39, 0.29) is 5.82 Å². The molecule has 0 aliphatic heterocycles. The van der Waals surface area contributed by atoms with Gasteiger partial charge in [0.25, 0.3) is 0 Å². The van der Waals surface area contributed by atoms with Crippen molar-refractivity contribution < 1.29 is 9.18 Å². The van der Waals surface area contributed by atoms with Gasteiger partial charge >= 0.3 is 0 Å². The summed E-state index contributed by atoms with van der Waals surface area (Å²) in [5, 5.41) is 0. The van der Waals surface area contributed by atoms with Gasteiger partial charge in [0.1, 0.15) is 12.1 Å². The number of carbonyl (C=O) groups excluding carboxylic acids is 1. The van der Waals surface area contributed by atoms with Crippen LogP contribution in [0.2, 0.25) is 0 Å². The zero-order valence-electron chi connectivity index (χ0n) is 10.3. The summed E-state index contributed by atoms with van der Waals surface area (Å²) in [7, 11) is 0. The van der Waals surface area contributed by atoms with Crippen molar-refractivity contribution in [1.82, 2.24) is 0 Å². The molecule has 0 N–H and O–H groups in total. The maximum absolute atomic E-state index is 13.3. The van der Waals surface area contributed by atoms with E-state index in [0.29, 0.717) is 12.0 Å². The number of hydrogen-bond acceptors (Lipinski definition) is 1. The highest BCUT2D eigenvalue weighted by Crippen LogP contribution is 2.26. The van der Waals surface area contributed by atoms with E-state index in [1.807, 2.05) is 37.3 Å². The van der Waals surface area contributed by atoms with Gasteiger partial charge in [-0.3, -0.25) is 0 Å². The number of aldehydes is 1. The molecule has 0 aromatic heterocycles. The molecule has 0 spiro atoms. The van der Waals surface area contributed by atoms with E-state index in [9.17, 15) is 9.18 Å². The number of halogens is 1. The molecule has 2 aromatic rings. The Morgan fingerprint density at radius 1 is 1.11 bits per heavy atom. The van der Waals surface area contributed by atoms with Crippen molar-refractivity contribution in [2.45, 2.75) is 18.8 Å². The third-order valence-electron chi connectivity index (χ3n) is 3.16. The fraction of sp³-hybridized carbons (Fsp3) is 0.188. The number of rotatable bonds is 4. The van der Waals surface area contributed by atoms with E-state index in [2.05, 4.69) is 0 Å². The van der Waals surface area contributed by atoms with Gasteiger partial charge in [0.2, 0.25) is 0 Å². The molecule has 0 aliphatic rings. The first kappa shape index (κ1) is 12.5. The van der Waals surface area contributed by atoms with Gasteiger partial charge in [0.05, 0.1) is 5.41 Å². The van der Waals surface area contributed by atoms with Crippen LogP contribution in [0.5, 0.6) is 0 Å². The summed E-state index contributed by atoms with van der Waals surface area (Å²) in [6, 6.07) is 16.0. The first-order chi connectivity index (χ1) is 8.64. The van der Waals surface area contributed by atoms with E-state index in [0.717, 1.165) is 11.8 Å². The standard InChI is InChI=1S/C16H15FO/c1-16(12-18,11-13-6-3-2-4-7-13)14-8-5-9-15(17)10-14/h2-10,12H,11H2,1H3/t16-/m0/s1. The van der Waals surface area contributed by atoms with Crippen LogP contribution in [-0.4, -0.2) is 6.29 Å². The zero-order chi connectivity index (χ0) is 13.0. The molecule has 18 heavy (non-hydrogen) atoms. The maximum Gasteiger partial charge on any atom is 0.130 e. The topological polar surface area (TPSA) is 17.1 Å². The summed E-state index contributed by atoms with van der Waals surface area (Å²) < 4.78 is 13.3. The van der Waals surface area contributed by atoms with Crippen molar-refractivity contribution in [3.05, 3.63) is 71.5 Å². The van der Waals surface area contributed by atoms with Crippen molar-refractivity contribution in [1.29, 1.82) is 0 Å². The zero-order valence-corrected chi connectivity index (χ0v) is 10.3. The Balaban J connectivity index is 2.34. The largest absolute Gasteiger partial charge is 0.302 e. The van der Waals surface area contributed by atoms with Crippen LogP contribution in [0, 0.1) is 5.82 Å². The van der Waals surface area contributed by atoms with Crippen LogP contribution >= 0.6 is 0 Å². The molecule has 0 amide bonds. The molecule has 0 heterocycles. The van der Waals surface area contributed by atoms with Crippen LogP contribution in [0.4, 0.5) is 4.39 Å². The van der Waals surface area contributed by atoms with Gasteiger partial charge in [-0.1, -0.05) is 42.5 Å². The second kappa shape index (κ2) is 5.13. The lowest BCUT2D eigenvalue weighted by Gasteiger charge is -2.23. The first-order valence-electron chi connectivity index (χ1n) is 5.90. The second-order valence-corrected chi connectivity index (χ2v) is 4.71. The summed E-state index contributed by atoms with van der Waals surface area (Å²) in [5.74, 6) is -0.311. The molecule has 0 bridgehead atoms. The fourth-order valence-corrected chi connectivity index (χ4v) is 2.08. The third kappa shape index (κ3) is 2.65. The summed E-state index contributed by atoms with van der Waals surface area (Å²) >= 11 is 0. The highest BCUT2D eigenvalue weighted by atomic mass is 19.1. The quantitative estimate of drug-likeness (QED) is 0.750. The first-order valence-corrected chi connectivity index (χ1v) is 5.90. The Bertz CT molecular complexity index is 536. The number of carbonyl (C=O) groups is 1. The van der Waals surface area contributed by atoms with Gasteiger partial charge in [-0.05, 0) is 36.6 Å². The molecule has 92 valence electrons. The van der Waals surface area contributed by atoms with Crippen LogP contribution < -0.4 is 0 Å². The Kier molecular flexibility index (Phi) is 3.56. The van der Waals surface area contributed by atoms with E-state index < -0.39 is 5.41 Å². The minimum atomic E-state index is -0.691. The van der Waals surface area contributed by atoms with Gasteiger partial charge in [-0.15, -0.1) is 0 Å². The number of benzene rings is 2. The van der Waals surface area contributed by atoms with Gasteiger partial charge < -0.3 is 4.79 Å². The molecular weight excluding hydrogens is 227 g/mol. The van der Waals surface area contributed by atoms with Gasteiger partial charge in [-0.25, -0.2) is 4.39 Å². The summed E-state index contributed by atoms with van der Waals surface area (Å²) in [6.07, 6.45) is 1.47. The average Bonchev–Trinajstić information content (AvgIpc) is 2.40. The Hall–Kier alpha value is -1.96. The van der Waals surface area contributed by atoms with Crippen molar-refractivity contribution in [2.24, 2.45) is 0 Å². The van der Waals surface area contributed by atoms with Crippen LogP contribution in [0.3, 0.4) is 0 Å². The van der Waals surface area contributed by atoms with Crippen LogP contribution in [0.25, 0.3) is 0 Å². The summed E-state index contributed by atoms with van der Waals surface area (Å²) in [6.45, 7) is 1.84. The maximum atomic E-state index is 13.3. The molecule has 1 nitrogen and oxygen atoms in total. The third-order valence-corrected chi connectivity index (χ3v) is 3.16. The SMILES string of the molecule is C[C@@](C=O)(Cc1ccccc1)c1cccc(F)c1. The smallest absolute Gasteiger partial charge is 0.130 e. The van der Waals surface area contributed by atoms with Crippen LogP contribution in [0.1, 0.15) is 18.1 Å². The molecule has 2 heteroatoms. The summed E-state index contributed by atoms with van der Waals surface area (Å²) in [4.78, 5) is 11.4. The van der Waals surface area contributed by atoms with Crippen LogP contribution in [0.15, 0.2) is 54.6 Å². The molecule has 0 saturated carbocycles. The normalized spacial score (nSPS) is 13.9. The van der Waals surface area contributed by atoms with E-state index in [4.69, 9.17) is 0 Å². The summed E-state index contributed by atoms with van der Waals surface area (Å²) in [5.41, 5.74) is 1.08. The predicted octanol–water partition coefficient (Wildman–Crippen LogP) is 3.53. The number of hydrogen-bond donors (Lipinski definition) is 0. The van der Waals surface area contributed by atoms with E-state index in [1.54, 1.807) is 12.1 Å². The Morgan fingerprint density at radius 2 is 1.83 bits per heavy atom. The lowest BCUT2D eigenvalue weighted by atomic mass is 9.78. The molecule has 0 unspecified atom stereocenters. The minimum absolute atomic E-state index is 0.311. The molecule has 0 saturated heterocycles. The average molecular weight is 242 g/mol. The Morgan fingerprint density at radius 3 is 2.44 bits per heavy atom. The molecule has 1 atom stereocenters. The van der Waals surface area contributed by atoms with Gasteiger partial charge in [-0.2, -0.15) is 0 Å². The van der Waals surface area contributed by atoms with Crippen molar-refractivity contribution in [3.63, 3.8) is 0 Å². The molecule has 2 aromatic carbocycles. The van der Waals surface area contributed by atoms with Crippen molar-refractivity contribution in [3.8, 4) is 0 Å². The highest BCUT2D eigenvalue weighted by molar-refractivity contribution is 5.68. The van der Waals surface area contributed by atoms with Crippen LogP contribution in [-0.2, 0) is 16.6 Å².